The molecule has 33 heavy (non-hydrogen) atoms. The largest absolute Gasteiger partial charge is 0.485 e. The molecule has 1 aromatic heterocycles. The van der Waals surface area contributed by atoms with Crippen LogP contribution in [0.4, 0.5) is 5.69 Å². The molecule has 0 atom stereocenters. The van der Waals surface area contributed by atoms with Gasteiger partial charge in [0.15, 0.2) is 5.75 Å². The molecule has 178 valence electrons. The molecule has 0 N–H and O–H groups in total. The Balaban J connectivity index is 2.53. The number of hydrogen-bond donors (Lipinski definition) is 0. The van der Waals surface area contributed by atoms with Crippen molar-refractivity contribution in [3.05, 3.63) is 74.6 Å². The molecule has 0 unspecified atom stereocenters. The lowest BCUT2D eigenvalue weighted by molar-refractivity contribution is -0.384. The SMILES string of the molecule is C=CCOc1c(OCC=C(C)CCC=C(C)C)c2ccc([N+](=O)[O-])cc2n(CCCC)c1=O. The summed E-state index contributed by atoms with van der Waals surface area (Å²) in [6, 6.07) is 4.47. The molecule has 0 saturated heterocycles. The van der Waals surface area contributed by atoms with Gasteiger partial charge in [-0.3, -0.25) is 14.9 Å². The van der Waals surface area contributed by atoms with Gasteiger partial charge >= 0.3 is 0 Å². The first kappa shape index (κ1) is 25.9. The minimum atomic E-state index is -0.463. The number of nitro groups is 1. The molecule has 1 heterocycles. The van der Waals surface area contributed by atoms with Crippen LogP contribution in [-0.2, 0) is 6.54 Å². The first-order valence-electron chi connectivity index (χ1n) is 11.3. The van der Waals surface area contributed by atoms with Gasteiger partial charge in [-0.05, 0) is 52.2 Å². The predicted molar refractivity (Wildman–Crippen MR) is 133 cm³/mol. The Morgan fingerprint density at radius 1 is 1.15 bits per heavy atom. The van der Waals surface area contributed by atoms with Crippen LogP contribution in [0, 0.1) is 10.1 Å². The number of non-ortho nitro benzene ring substituents is 1. The molecule has 0 saturated carbocycles. The van der Waals surface area contributed by atoms with Crippen molar-refractivity contribution in [3.8, 4) is 11.5 Å². The van der Waals surface area contributed by atoms with E-state index >= 15 is 0 Å². The highest BCUT2D eigenvalue weighted by Gasteiger charge is 2.21. The van der Waals surface area contributed by atoms with E-state index in [2.05, 4.69) is 26.5 Å². The number of unbranched alkanes of at least 4 members (excludes halogenated alkanes) is 1. The second-order valence-corrected chi connectivity index (χ2v) is 8.21. The molecule has 0 fully saturated rings. The summed E-state index contributed by atoms with van der Waals surface area (Å²) >= 11 is 0. The summed E-state index contributed by atoms with van der Waals surface area (Å²) in [6.07, 6.45) is 9.24. The molecule has 7 heteroatoms. The summed E-state index contributed by atoms with van der Waals surface area (Å²) in [5, 5.41) is 12.0. The summed E-state index contributed by atoms with van der Waals surface area (Å²) in [6.45, 7) is 12.7. The third-order valence-corrected chi connectivity index (χ3v) is 5.20. The molecular formula is C26H34N2O5. The number of pyridine rings is 1. The van der Waals surface area contributed by atoms with Crippen LogP contribution in [0.1, 0.15) is 53.4 Å². The molecule has 7 nitrogen and oxygen atoms in total. The summed E-state index contributed by atoms with van der Waals surface area (Å²) in [5.74, 6) is 0.399. The Morgan fingerprint density at radius 2 is 1.88 bits per heavy atom. The van der Waals surface area contributed by atoms with Crippen molar-refractivity contribution >= 4 is 16.6 Å². The highest BCUT2D eigenvalue weighted by molar-refractivity contribution is 5.89. The monoisotopic (exact) mass is 454 g/mol. The number of aryl methyl sites for hydroxylation is 1. The molecule has 0 spiro atoms. The lowest BCUT2D eigenvalue weighted by atomic mass is 10.1. The smallest absolute Gasteiger partial charge is 0.297 e. The van der Waals surface area contributed by atoms with Crippen molar-refractivity contribution < 1.29 is 14.4 Å². The molecule has 0 radical (unpaired) electrons. The zero-order chi connectivity index (χ0) is 24.4. The molecule has 0 aliphatic rings. The number of benzene rings is 1. The molecule has 1 aromatic carbocycles. The first-order valence-corrected chi connectivity index (χ1v) is 11.3. The highest BCUT2D eigenvalue weighted by atomic mass is 16.6. The van der Waals surface area contributed by atoms with E-state index in [-0.39, 0.29) is 30.2 Å². The van der Waals surface area contributed by atoms with E-state index < -0.39 is 4.92 Å². The predicted octanol–water partition coefficient (Wildman–Crippen LogP) is 6.35. The lowest BCUT2D eigenvalue weighted by Crippen LogP contribution is -2.24. The van der Waals surface area contributed by atoms with Crippen molar-refractivity contribution in [3.63, 3.8) is 0 Å². The topological polar surface area (TPSA) is 83.6 Å². The van der Waals surface area contributed by atoms with Gasteiger partial charge in [0, 0.05) is 24.1 Å². The number of hydrogen-bond acceptors (Lipinski definition) is 5. The molecule has 2 aromatic rings. The van der Waals surface area contributed by atoms with E-state index in [4.69, 9.17) is 9.47 Å². The lowest BCUT2D eigenvalue weighted by Gasteiger charge is -2.18. The second-order valence-electron chi connectivity index (χ2n) is 8.21. The number of fused-ring (bicyclic) bond motifs is 1. The van der Waals surface area contributed by atoms with Crippen LogP contribution in [0.5, 0.6) is 11.5 Å². The van der Waals surface area contributed by atoms with Crippen molar-refractivity contribution in [1.29, 1.82) is 0 Å². The zero-order valence-corrected chi connectivity index (χ0v) is 20.1. The average Bonchev–Trinajstić information content (AvgIpc) is 2.77. The molecular weight excluding hydrogens is 420 g/mol. The van der Waals surface area contributed by atoms with Crippen LogP contribution in [0.15, 0.2) is 58.9 Å². The first-order chi connectivity index (χ1) is 15.8. The Morgan fingerprint density at radius 3 is 2.52 bits per heavy atom. The number of aromatic nitrogens is 1. The maximum Gasteiger partial charge on any atom is 0.297 e. The van der Waals surface area contributed by atoms with Gasteiger partial charge in [-0.15, -0.1) is 0 Å². The standard InChI is InChI=1S/C26H34N2O5/c1-6-8-15-27-23-18-21(28(30)31)12-13-22(23)24(25(26(27)29)32-16-7-2)33-17-14-20(5)11-9-10-19(3)4/h7,10,12-14,18H,2,6,8-9,11,15-17H2,1,3-5H3. The van der Waals surface area contributed by atoms with Crippen LogP contribution < -0.4 is 15.0 Å². The second kappa shape index (κ2) is 12.6. The van der Waals surface area contributed by atoms with Gasteiger partial charge in [0.1, 0.15) is 13.2 Å². The van der Waals surface area contributed by atoms with E-state index in [1.54, 1.807) is 12.1 Å². The van der Waals surface area contributed by atoms with Gasteiger partial charge in [-0.1, -0.05) is 43.2 Å². The number of nitro benzene ring substituents is 1. The van der Waals surface area contributed by atoms with Crippen LogP contribution in [-0.4, -0.2) is 22.7 Å². The quantitative estimate of drug-likeness (QED) is 0.200. The van der Waals surface area contributed by atoms with Crippen molar-refractivity contribution in [1.82, 2.24) is 4.57 Å². The minimum absolute atomic E-state index is 0.0760. The van der Waals surface area contributed by atoms with Gasteiger partial charge in [0.05, 0.1) is 10.4 Å². The highest BCUT2D eigenvalue weighted by Crippen LogP contribution is 2.35. The number of rotatable bonds is 13. The zero-order valence-electron chi connectivity index (χ0n) is 20.1. The minimum Gasteiger partial charge on any atom is -0.485 e. The number of nitrogens with zero attached hydrogens (tertiary/aromatic N) is 2. The molecule has 0 aliphatic carbocycles. The van der Waals surface area contributed by atoms with Gasteiger partial charge in [0.25, 0.3) is 11.2 Å². The summed E-state index contributed by atoms with van der Waals surface area (Å²) in [7, 11) is 0. The van der Waals surface area contributed by atoms with Crippen molar-refractivity contribution in [2.24, 2.45) is 0 Å². The van der Waals surface area contributed by atoms with Crippen molar-refractivity contribution in [2.75, 3.05) is 13.2 Å². The van der Waals surface area contributed by atoms with E-state index in [0.717, 1.165) is 25.7 Å². The fourth-order valence-electron chi connectivity index (χ4n) is 3.41. The van der Waals surface area contributed by atoms with Gasteiger partial charge < -0.3 is 14.0 Å². The van der Waals surface area contributed by atoms with E-state index in [0.29, 0.717) is 23.2 Å². The number of ether oxygens (including phenoxy) is 2. The summed E-state index contributed by atoms with van der Waals surface area (Å²) in [5.41, 5.74) is 2.49. The third kappa shape index (κ3) is 7.07. The summed E-state index contributed by atoms with van der Waals surface area (Å²) in [4.78, 5) is 24.2. The Kier molecular flexibility index (Phi) is 9.91. The third-order valence-electron chi connectivity index (χ3n) is 5.20. The van der Waals surface area contributed by atoms with Crippen LogP contribution >= 0.6 is 0 Å². The average molecular weight is 455 g/mol. The van der Waals surface area contributed by atoms with E-state index in [9.17, 15) is 14.9 Å². The normalized spacial score (nSPS) is 11.3. The fourth-order valence-corrected chi connectivity index (χ4v) is 3.41. The van der Waals surface area contributed by atoms with E-state index in [1.807, 2.05) is 19.9 Å². The van der Waals surface area contributed by atoms with E-state index in [1.165, 1.54) is 27.8 Å². The van der Waals surface area contributed by atoms with Gasteiger partial charge in [0.2, 0.25) is 5.75 Å². The molecule has 0 aliphatic heterocycles. The van der Waals surface area contributed by atoms with Crippen LogP contribution in [0.2, 0.25) is 0 Å². The van der Waals surface area contributed by atoms with Crippen molar-refractivity contribution in [2.45, 2.75) is 59.9 Å². The Labute approximate surface area is 195 Å². The fraction of sp³-hybridized carbons (Fsp3) is 0.423. The molecule has 2 rings (SSSR count). The number of allylic oxidation sites excluding steroid dienone is 3. The molecule has 0 bridgehead atoms. The van der Waals surface area contributed by atoms with Crippen LogP contribution in [0.3, 0.4) is 0 Å². The van der Waals surface area contributed by atoms with Crippen LogP contribution in [0.25, 0.3) is 10.9 Å². The van der Waals surface area contributed by atoms with Gasteiger partial charge in [-0.25, -0.2) is 0 Å². The Bertz CT molecular complexity index is 1110. The Hall–Kier alpha value is -3.35. The summed E-state index contributed by atoms with van der Waals surface area (Å²) < 4.78 is 13.3. The van der Waals surface area contributed by atoms with Gasteiger partial charge in [-0.2, -0.15) is 0 Å². The molecule has 0 amide bonds. The maximum absolute atomic E-state index is 13.3. The maximum atomic E-state index is 13.3.